The van der Waals surface area contributed by atoms with E-state index in [4.69, 9.17) is 24.7 Å². The van der Waals surface area contributed by atoms with Gasteiger partial charge in [0, 0.05) is 22.9 Å². The van der Waals surface area contributed by atoms with E-state index >= 15 is 0 Å². The first-order valence-electron chi connectivity index (χ1n) is 7.43. The SMILES string of the molecule is COc1ccc(N)c(/C(=C/C#N)c2cc(OC)c(OC)c(OC)c2)c1. The number of ether oxygens (including phenoxy) is 4. The Bertz CT molecular complexity index is 813. The summed E-state index contributed by atoms with van der Waals surface area (Å²) in [6.45, 7) is 0. The van der Waals surface area contributed by atoms with Crippen LogP contribution in [0.2, 0.25) is 0 Å². The molecule has 0 heterocycles. The average molecular weight is 340 g/mol. The van der Waals surface area contributed by atoms with Gasteiger partial charge in [-0.3, -0.25) is 0 Å². The van der Waals surface area contributed by atoms with Crippen LogP contribution >= 0.6 is 0 Å². The van der Waals surface area contributed by atoms with E-state index in [0.29, 0.717) is 45.4 Å². The van der Waals surface area contributed by atoms with Crippen molar-refractivity contribution < 1.29 is 18.9 Å². The molecule has 0 unspecified atom stereocenters. The summed E-state index contributed by atoms with van der Waals surface area (Å²) in [6, 6.07) is 10.9. The number of nitrogen functional groups attached to an aromatic ring is 1. The van der Waals surface area contributed by atoms with Gasteiger partial charge in [0.25, 0.3) is 0 Å². The lowest BCUT2D eigenvalue weighted by Gasteiger charge is -2.17. The highest BCUT2D eigenvalue weighted by Gasteiger charge is 2.17. The Morgan fingerprint density at radius 2 is 1.60 bits per heavy atom. The van der Waals surface area contributed by atoms with Gasteiger partial charge in [-0.1, -0.05) is 0 Å². The number of allylic oxidation sites excluding steroid dienone is 1. The third-order valence-electron chi connectivity index (χ3n) is 3.74. The molecule has 2 aromatic carbocycles. The first kappa shape index (κ1) is 18.0. The van der Waals surface area contributed by atoms with Crippen LogP contribution in [0.15, 0.2) is 36.4 Å². The maximum atomic E-state index is 9.24. The monoisotopic (exact) mass is 340 g/mol. The summed E-state index contributed by atoms with van der Waals surface area (Å²) >= 11 is 0. The van der Waals surface area contributed by atoms with Gasteiger partial charge >= 0.3 is 0 Å². The highest BCUT2D eigenvalue weighted by Crippen LogP contribution is 2.42. The zero-order valence-corrected chi connectivity index (χ0v) is 14.6. The topological polar surface area (TPSA) is 86.7 Å². The van der Waals surface area contributed by atoms with Crippen molar-refractivity contribution in [2.45, 2.75) is 0 Å². The largest absolute Gasteiger partial charge is 0.497 e. The first-order chi connectivity index (χ1) is 12.1. The average Bonchev–Trinajstić information content (AvgIpc) is 2.65. The lowest BCUT2D eigenvalue weighted by atomic mass is 9.95. The van der Waals surface area contributed by atoms with E-state index < -0.39 is 0 Å². The van der Waals surface area contributed by atoms with Gasteiger partial charge in [0.2, 0.25) is 5.75 Å². The molecule has 6 heteroatoms. The van der Waals surface area contributed by atoms with Gasteiger partial charge in [-0.15, -0.1) is 0 Å². The van der Waals surface area contributed by atoms with Crippen molar-refractivity contribution in [3.8, 4) is 29.1 Å². The van der Waals surface area contributed by atoms with E-state index in [1.807, 2.05) is 0 Å². The van der Waals surface area contributed by atoms with Gasteiger partial charge < -0.3 is 24.7 Å². The standard InChI is InChI=1S/C19H20N2O4/c1-22-13-5-6-16(21)15(11-13)14(7-8-20)12-9-17(23-2)19(25-4)18(10-12)24-3/h5-7,9-11H,21H2,1-4H3/b14-7+. The van der Waals surface area contributed by atoms with Crippen molar-refractivity contribution in [3.63, 3.8) is 0 Å². The number of methoxy groups -OCH3 is 4. The molecule has 0 radical (unpaired) electrons. The van der Waals surface area contributed by atoms with Crippen LogP contribution in [-0.4, -0.2) is 28.4 Å². The highest BCUT2D eigenvalue weighted by molar-refractivity contribution is 5.88. The lowest BCUT2D eigenvalue weighted by molar-refractivity contribution is 0.324. The number of benzene rings is 2. The summed E-state index contributed by atoms with van der Waals surface area (Å²) in [5.41, 5.74) is 8.64. The number of hydrogen-bond acceptors (Lipinski definition) is 6. The van der Waals surface area contributed by atoms with Crippen LogP contribution in [0.4, 0.5) is 5.69 Å². The van der Waals surface area contributed by atoms with Crippen LogP contribution in [0.25, 0.3) is 5.57 Å². The molecule has 0 aliphatic rings. The molecule has 2 rings (SSSR count). The van der Waals surface area contributed by atoms with Gasteiger partial charge in [-0.05, 0) is 35.9 Å². The van der Waals surface area contributed by atoms with Gasteiger partial charge in [-0.2, -0.15) is 5.26 Å². The van der Waals surface area contributed by atoms with Crippen molar-refractivity contribution >= 4 is 11.3 Å². The number of rotatable bonds is 6. The zero-order valence-electron chi connectivity index (χ0n) is 14.6. The predicted molar refractivity (Wildman–Crippen MR) is 96.2 cm³/mol. The molecule has 130 valence electrons. The molecule has 0 aliphatic heterocycles. The molecular weight excluding hydrogens is 320 g/mol. The summed E-state index contributed by atoms with van der Waals surface area (Å²) in [5, 5.41) is 9.24. The van der Waals surface area contributed by atoms with Crippen molar-refractivity contribution in [2.24, 2.45) is 0 Å². The fourth-order valence-corrected chi connectivity index (χ4v) is 2.51. The molecule has 6 nitrogen and oxygen atoms in total. The zero-order chi connectivity index (χ0) is 18.4. The first-order valence-corrected chi connectivity index (χ1v) is 7.43. The van der Waals surface area contributed by atoms with Crippen molar-refractivity contribution in [1.82, 2.24) is 0 Å². The van der Waals surface area contributed by atoms with Crippen LogP contribution < -0.4 is 24.7 Å². The quantitative estimate of drug-likeness (QED) is 0.641. The van der Waals surface area contributed by atoms with Crippen LogP contribution in [0, 0.1) is 11.3 Å². The van der Waals surface area contributed by atoms with Crippen molar-refractivity contribution in [2.75, 3.05) is 34.2 Å². The Labute approximate surface area is 147 Å². The second-order valence-electron chi connectivity index (χ2n) is 5.05. The van der Waals surface area contributed by atoms with E-state index in [-0.39, 0.29) is 0 Å². The smallest absolute Gasteiger partial charge is 0.203 e. The molecular formula is C19H20N2O4. The third-order valence-corrected chi connectivity index (χ3v) is 3.74. The van der Waals surface area contributed by atoms with Crippen LogP contribution in [0.3, 0.4) is 0 Å². The second kappa shape index (κ2) is 7.97. The predicted octanol–water partition coefficient (Wildman–Crippen LogP) is 3.26. The maximum absolute atomic E-state index is 9.24. The molecule has 0 saturated heterocycles. The van der Waals surface area contributed by atoms with Gasteiger partial charge in [0.1, 0.15) is 5.75 Å². The molecule has 2 aromatic rings. The van der Waals surface area contributed by atoms with Crippen LogP contribution in [0.5, 0.6) is 23.0 Å². The normalized spacial score (nSPS) is 10.8. The summed E-state index contributed by atoms with van der Waals surface area (Å²) in [7, 11) is 6.18. The molecule has 0 saturated carbocycles. The Hall–Kier alpha value is -3.33. The van der Waals surface area contributed by atoms with E-state index in [2.05, 4.69) is 6.07 Å². The molecule has 0 fully saturated rings. The number of nitrogens with two attached hydrogens (primary N) is 1. The molecule has 25 heavy (non-hydrogen) atoms. The molecule has 0 amide bonds. The summed E-state index contributed by atoms with van der Waals surface area (Å²) in [5.74, 6) is 2.09. The van der Waals surface area contributed by atoms with Gasteiger partial charge in [0.15, 0.2) is 11.5 Å². The number of nitriles is 1. The summed E-state index contributed by atoms with van der Waals surface area (Å²) in [6.07, 6.45) is 1.42. The molecule has 0 atom stereocenters. The summed E-state index contributed by atoms with van der Waals surface area (Å²) < 4.78 is 21.4. The fraction of sp³-hybridized carbons (Fsp3) is 0.211. The van der Waals surface area contributed by atoms with Crippen molar-refractivity contribution in [3.05, 3.63) is 47.5 Å². The third kappa shape index (κ3) is 3.61. The van der Waals surface area contributed by atoms with E-state index in [9.17, 15) is 5.26 Å². The number of nitrogens with zero attached hydrogens (tertiary/aromatic N) is 1. The Morgan fingerprint density at radius 1 is 0.960 bits per heavy atom. The van der Waals surface area contributed by atoms with Gasteiger partial charge in [0.05, 0.1) is 34.5 Å². The minimum absolute atomic E-state index is 0.476. The fourth-order valence-electron chi connectivity index (χ4n) is 2.51. The molecule has 0 aromatic heterocycles. The van der Waals surface area contributed by atoms with E-state index in [1.54, 1.807) is 37.4 Å². The molecule has 2 N–H and O–H groups in total. The molecule has 0 spiro atoms. The molecule has 0 bridgehead atoms. The Balaban J connectivity index is 2.71. The highest BCUT2D eigenvalue weighted by atomic mass is 16.5. The minimum Gasteiger partial charge on any atom is -0.497 e. The second-order valence-corrected chi connectivity index (χ2v) is 5.05. The molecule has 0 aliphatic carbocycles. The van der Waals surface area contributed by atoms with Crippen molar-refractivity contribution in [1.29, 1.82) is 5.26 Å². The van der Waals surface area contributed by atoms with E-state index in [1.165, 1.54) is 27.4 Å². The van der Waals surface area contributed by atoms with E-state index in [0.717, 1.165) is 0 Å². The lowest BCUT2D eigenvalue weighted by Crippen LogP contribution is -2.00. The number of anilines is 1. The Kier molecular flexibility index (Phi) is 5.75. The number of hydrogen-bond donors (Lipinski definition) is 1. The van der Waals surface area contributed by atoms with Gasteiger partial charge in [-0.25, -0.2) is 0 Å². The maximum Gasteiger partial charge on any atom is 0.203 e. The summed E-state index contributed by atoms with van der Waals surface area (Å²) in [4.78, 5) is 0. The Morgan fingerprint density at radius 3 is 2.08 bits per heavy atom. The van der Waals surface area contributed by atoms with Crippen LogP contribution in [-0.2, 0) is 0 Å². The minimum atomic E-state index is 0.476. The van der Waals surface area contributed by atoms with Crippen LogP contribution in [0.1, 0.15) is 11.1 Å².